The van der Waals surface area contributed by atoms with Gasteiger partial charge in [-0.1, -0.05) is 6.07 Å². The van der Waals surface area contributed by atoms with Gasteiger partial charge < -0.3 is 10.2 Å². The lowest BCUT2D eigenvalue weighted by Crippen LogP contribution is -2.54. The minimum atomic E-state index is -0.365. The number of amides is 2. The summed E-state index contributed by atoms with van der Waals surface area (Å²) in [6, 6.07) is 4.06. The Balaban J connectivity index is 1.54. The fraction of sp³-hybridized carbons (Fsp3) is 0.556. The molecule has 6 heteroatoms. The Labute approximate surface area is 141 Å². The van der Waals surface area contributed by atoms with Crippen molar-refractivity contribution in [3.05, 3.63) is 29.6 Å². The number of anilines is 1. The number of carbonyl (C=O) groups excluding carboxylic acids is 2. The average molecular weight is 333 g/mol. The predicted octanol–water partition coefficient (Wildman–Crippen LogP) is 2.02. The molecule has 3 rings (SSSR count). The summed E-state index contributed by atoms with van der Waals surface area (Å²) in [5, 5.41) is 2.81. The van der Waals surface area contributed by atoms with Crippen molar-refractivity contribution in [3.63, 3.8) is 0 Å². The molecule has 1 aliphatic heterocycles. The fourth-order valence-corrected chi connectivity index (χ4v) is 3.05. The third-order valence-corrected chi connectivity index (χ3v) is 4.94. The van der Waals surface area contributed by atoms with Gasteiger partial charge in [-0.05, 0) is 44.4 Å². The molecule has 2 aliphatic rings. The molecule has 1 aliphatic carbocycles. The number of carbonyl (C=O) groups is 2. The van der Waals surface area contributed by atoms with Crippen LogP contribution >= 0.6 is 0 Å². The lowest BCUT2D eigenvalue weighted by molar-refractivity contribution is -0.135. The van der Waals surface area contributed by atoms with Crippen LogP contribution in [0.25, 0.3) is 0 Å². The highest BCUT2D eigenvalue weighted by Gasteiger charge is 2.35. The van der Waals surface area contributed by atoms with Crippen molar-refractivity contribution in [1.82, 2.24) is 9.80 Å². The molecule has 0 spiro atoms. The first kappa shape index (κ1) is 16.9. The molecule has 1 heterocycles. The minimum absolute atomic E-state index is 0.148. The molecule has 1 saturated heterocycles. The number of hydrogen-bond donors (Lipinski definition) is 1. The summed E-state index contributed by atoms with van der Waals surface area (Å²) in [5.41, 5.74) is 1.34. The molecular formula is C18H24FN3O2. The van der Waals surface area contributed by atoms with E-state index in [-0.39, 0.29) is 29.6 Å². The van der Waals surface area contributed by atoms with Crippen LogP contribution in [0.1, 0.15) is 25.3 Å². The van der Waals surface area contributed by atoms with E-state index in [1.807, 2.05) is 18.7 Å². The van der Waals surface area contributed by atoms with Crippen LogP contribution in [0, 0.1) is 18.7 Å². The molecule has 1 aromatic carbocycles. The van der Waals surface area contributed by atoms with Gasteiger partial charge in [0.1, 0.15) is 5.82 Å². The predicted molar refractivity (Wildman–Crippen MR) is 90.1 cm³/mol. The molecule has 0 aromatic heterocycles. The summed E-state index contributed by atoms with van der Waals surface area (Å²) in [5.74, 6) is -0.00297. The number of rotatable bonds is 4. The third kappa shape index (κ3) is 3.75. The molecule has 0 bridgehead atoms. The topological polar surface area (TPSA) is 52.7 Å². The van der Waals surface area contributed by atoms with Crippen molar-refractivity contribution >= 4 is 17.5 Å². The van der Waals surface area contributed by atoms with Crippen LogP contribution in [0.2, 0.25) is 0 Å². The second-order valence-corrected chi connectivity index (χ2v) is 6.76. The summed E-state index contributed by atoms with van der Waals surface area (Å²) in [4.78, 5) is 28.5. The molecule has 2 amide bonds. The van der Waals surface area contributed by atoms with Gasteiger partial charge in [-0.2, -0.15) is 0 Å². The van der Waals surface area contributed by atoms with Crippen molar-refractivity contribution in [1.29, 1.82) is 0 Å². The lowest BCUT2D eigenvalue weighted by atomic mass is 10.1. The normalized spacial score (nSPS) is 19.9. The molecule has 1 saturated carbocycles. The van der Waals surface area contributed by atoms with Gasteiger partial charge in [0.2, 0.25) is 11.8 Å². The zero-order valence-corrected chi connectivity index (χ0v) is 14.2. The standard InChI is InChI=1S/C18H24FN3O2/c1-12-3-6-15(19)11-16(12)20-17(23)13(2)21-7-9-22(10-8-21)18(24)14-4-5-14/h3,6,11,13-14H,4-5,7-10H2,1-2H3,(H,20,23). The van der Waals surface area contributed by atoms with Crippen molar-refractivity contribution < 1.29 is 14.0 Å². The van der Waals surface area contributed by atoms with E-state index in [1.54, 1.807) is 6.07 Å². The van der Waals surface area contributed by atoms with Crippen LogP contribution in [0.4, 0.5) is 10.1 Å². The molecule has 1 aromatic rings. The quantitative estimate of drug-likeness (QED) is 0.917. The summed E-state index contributed by atoms with van der Waals surface area (Å²) in [7, 11) is 0. The zero-order valence-electron chi connectivity index (χ0n) is 14.2. The third-order valence-electron chi connectivity index (χ3n) is 4.94. The Morgan fingerprint density at radius 2 is 1.88 bits per heavy atom. The second-order valence-electron chi connectivity index (χ2n) is 6.76. The number of hydrogen-bond acceptors (Lipinski definition) is 3. The second kappa shape index (κ2) is 6.89. The van der Waals surface area contributed by atoms with Crippen LogP contribution in [0.3, 0.4) is 0 Å². The molecule has 5 nitrogen and oxygen atoms in total. The first-order valence-corrected chi connectivity index (χ1v) is 8.55. The maximum absolute atomic E-state index is 13.3. The van der Waals surface area contributed by atoms with Crippen molar-refractivity contribution in [3.8, 4) is 0 Å². The van der Waals surface area contributed by atoms with Crippen molar-refractivity contribution in [2.24, 2.45) is 5.92 Å². The number of halogens is 1. The smallest absolute Gasteiger partial charge is 0.241 e. The number of piperazine rings is 1. The van der Waals surface area contributed by atoms with Gasteiger partial charge in [-0.15, -0.1) is 0 Å². The van der Waals surface area contributed by atoms with Gasteiger partial charge >= 0.3 is 0 Å². The van der Waals surface area contributed by atoms with Crippen LogP contribution in [-0.4, -0.2) is 53.8 Å². The molecule has 24 heavy (non-hydrogen) atoms. The summed E-state index contributed by atoms with van der Waals surface area (Å²) in [6.45, 7) is 6.41. The largest absolute Gasteiger partial charge is 0.340 e. The summed E-state index contributed by atoms with van der Waals surface area (Å²) in [6.07, 6.45) is 2.04. The van der Waals surface area contributed by atoms with E-state index < -0.39 is 0 Å². The Morgan fingerprint density at radius 3 is 2.50 bits per heavy atom. The van der Waals surface area contributed by atoms with Gasteiger partial charge in [0.25, 0.3) is 0 Å². The number of nitrogens with zero attached hydrogens (tertiary/aromatic N) is 2. The SMILES string of the molecule is Cc1ccc(F)cc1NC(=O)C(C)N1CCN(C(=O)C2CC2)CC1. The van der Waals surface area contributed by atoms with Crippen molar-refractivity contribution in [2.75, 3.05) is 31.5 Å². The maximum atomic E-state index is 13.3. The van der Waals surface area contributed by atoms with Crippen LogP contribution < -0.4 is 5.32 Å². The fourth-order valence-electron chi connectivity index (χ4n) is 3.05. The van der Waals surface area contributed by atoms with E-state index in [1.165, 1.54) is 12.1 Å². The molecule has 2 fully saturated rings. The van der Waals surface area contributed by atoms with E-state index in [4.69, 9.17) is 0 Å². The van der Waals surface area contributed by atoms with Gasteiger partial charge in [-0.3, -0.25) is 14.5 Å². The van der Waals surface area contributed by atoms with E-state index in [0.717, 1.165) is 18.4 Å². The Bertz CT molecular complexity index is 637. The Hall–Kier alpha value is -1.95. The molecular weight excluding hydrogens is 309 g/mol. The summed E-state index contributed by atoms with van der Waals surface area (Å²) >= 11 is 0. The Morgan fingerprint density at radius 1 is 1.21 bits per heavy atom. The molecule has 1 N–H and O–H groups in total. The lowest BCUT2D eigenvalue weighted by Gasteiger charge is -2.37. The van der Waals surface area contributed by atoms with Gasteiger partial charge in [0, 0.05) is 37.8 Å². The van der Waals surface area contributed by atoms with Crippen LogP contribution in [0.5, 0.6) is 0 Å². The highest BCUT2D eigenvalue weighted by atomic mass is 19.1. The van der Waals surface area contributed by atoms with E-state index >= 15 is 0 Å². The highest BCUT2D eigenvalue weighted by Crippen LogP contribution is 2.31. The van der Waals surface area contributed by atoms with Gasteiger partial charge in [-0.25, -0.2) is 4.39 Å². The van der Waals surface area contributed by atoms with E-state index in [9.17, 15) is 14.0 Å². The molecule has 0 radical (unpaired) electrons. The van der Waals surface area contributed by atoms with Gasteiger partial charge in [0.15, 0.2) is 0 Å². The maximum Gasteiger partial charge on any atom is 0.241 e. The van der Waals surface area contributed by atoms with E-state index in [0.29, 0.717) is 31.9 Å². The van der Waals surface area contributed by atoms with Crippen LogP contribution in [0.15, 0.2) is 18.2 Å². The summed E-state index contributed by atoms with van der Waals surface area (Å²) < 4.78 is 13.3. The molecule has 130 valence electrons. The average Bonchev–Trinajstić information content (AvgIpc) is 3.42. The highest BCUT2D eigenvalue weighted by molar-refractivity contribution is 5.95. The zero-order chi connectivity index (χ0) is 17.3. The monoisotopic (exact) mass is 333 g/mol. The first-order chi connectivity index (χ1) is 11.5. The van der Waals surface area contributed by atoms with Crippen molar-refractivity contribution in [2.45, 2.75) is 32.7 Å². The minimum Gasteiger partial charge on any atom is -0.340 e. The first-order valence-electron chi connectivity index (χ1n) is 8.55. The number of nitrogens with one attached hydrogen (secondary N) is 1. The molecule has 1 unspecified atom stereocenters. The van der Waals surface area contributed by atoms with E-state index in [2.05, 4.69) is 10.2 Å². The number of benzene rings is 1. The van der Waals surface area contributed by atoms with Gasteiger partial charge in [0.05, 0.1) is 6.04 Å². The Kier molecular flexibility index (Phi) is 4.85. The molecule has 1 atom stereocenters. The number of aryl methyl sites for hydroxylation is 1. The van der Waals surface area contributed by atoms with Crippen LogP contribution in [-0.2, 0) is 9.59 Å².